The number of carbonyl (C=O) groups is 5. The Balaban J connectivity index is 1.42. The second-order valence-electron chi connectivity index (χ2n) is 13.4. The van der Waals surface area contributed by atoms with E-state index in [9.17, 15) is 49.5 Å². The van der Waals surface area contributed by atoms with Crippen LogP contribution in [0.4, 0.5) is 0 Å². The molecule has 2 aliphatic heterocycles. The number of amides is 5. The molecular formula is C36H50N6O12S. The van der Waals surface area contributed by atoms with Gasteiger partial charge in [0.15, 0.2) is 6.29 Å². The third-order valence-electron chi connectivity index (χ3n) is 9.36. The quantitative estimate of drug-likeness (QED) is 0.0705. The molecule has 18 nitrogen and oxygen atoms in total. The Hall–Kier alpha value is -4.34. The van der Waals surface area contributed by atoms with Gasteiger partial charge in [-0.05, 0) is 48.1 Å². The van der Waals surface area contributed by atoms with Crippen LogP contribution < -0.4 is 27.4 Å². The minimum absolute atomic E-state index is 0.00903. The van der Waals surface area contributed by atoms with Crippen LogP contribution in [-0.4, -0.2) is 153 Å². The van der Waals surface area contributed by atoms with Gasteiger partial charge < -0.3 is 67.3 Å². The molecule has 2 aromatic carbocycles. The van der Waals surface area contributed by atoms with Crippen molar-refractivity contribution in [1.82, 2.24) is 20.9 Å². The molecule has 2 heterocycles. The lowest BCUT2D eigenvalue weighted by molar-refractivity contribution is -0.310. The second-order valence-corrected chi connectivity index (χ2v) is 14.4. The topological polar surface area (TPSA) is 296 Å². The molecule has 10 atom stereocenters. The van der Waals surface area contributed by atoms with E-state index in [4.69, 9.17) is 20.9 Å². The fourth-order valence-corrected chi connectivity index (χ4v) is 6.80. The van der Waals surface area contributed by atoms with Crippen LogP contribution >= 0.6 is 11.8 Å². The molecule has 4 rings (SSSR count). The number of primary amides is 1. The van der Waals surface area contributed by atoms with E-state index in [0.29, 0.717) is 16.9 Å². The van der Waals surface area contributed by atoms with Crippen LogP contribution in [0.25, 0.3) is 0 Å². The molecule has 0 spiro atoms. The van der Waals surface area contributed by atoms with Gasteiger partial charge >= 0.3 is 0 Å². The molecule has 0 aromatic heterocycles. The number of nitrogens with zero attached hydrogens (tertiary/aromatic N) is 1. The van der Waals surface area contributed by atoms with Gasteiger partial charge in [0.05, 0.1) is 25.3 Å². The van der Waals surface area contributed by atoms with Crippen LogP contribution in [0.3, 0.4) is 0 Å². The standard InChI is InChI=1S/C36H50N6O12S/c1-55-12-11-24(41-33(50)23(37)13-20-7-9-21(44)10-8-20)34(51)39-16-28(45)40-25(14-19-5-3-2-4-6-19)35(52)42-17-22(15-26(42)32(38)49)53-36-31(48)30(47)29(46)27(18-43)54-36/h2-10,22-27,29-31,36,43-44,46-48H,11-18,37H2,1H3,(H2,38,49)(H,39,51)(H,40,45)(H,41,50)/t22?,23-,24+,25-,26-,27+,29-,30-,31+,36+/m0/s1. The molecule has 55 heavy (non-hydrogen) atoms. The average molecular weight is 791 g/mol. The Labute approximate surface area is 321 Å². The summed E-state index contributed by atoms with van der Waals surface area (Å²) in [6, 6.07) is 10.5. The number of thioether (sulfide) groups is 1. The first kappa shape index (κ1) is 43.4. The van der Waals surface area contributed by atoms with Gasteiger partial charge in [0.2, 0.25) is 29.5 Å². The highest BCUT2D eigenvalue weighted by Crippen LogP contribution is 2.28. The van der Waals surface area contributed by atoms with Crippen LogP contribution in [-0.2, 0) is 46.3 Å². The molecule has 0 bridgehead atoms. The number of hydrogen-bond acceptors (Lipinski definition) is 14. The van der Waals surface area contributed by atoms with E-state index in [1.807, 2.05) is 6.26 Å². The maximum absolute atomic E-state index is 14.1. The number of nitrogens with two attached hydrogens (primary N) is 2. The predicted octanol–water partition coefficient (Wildman–Crippen LogP) is -3.39. The molecule has 1 unspecified atom stereocenters. The Morgan fingerprint density at radius 1 is 0.927 bits per heavy atom. The summed E-state index contributed by atoms with van der Waals surface area (Å²) >= 11 is 1.45. The zero-order valence-electron chi connectivity index (χ0n) is 30.2. The highest BCUT2D eigenvalue weighted by atomic mass is 32.2. The van der Waals surface area contributed by atoms with Crippen molar-refractivity contribution in [2.75, 3.05) is 31.7 Å². The molecule has 5 amide bonds. The van der Waals surface area contributed by atoms with Crippen molar-refractivity contribution < 1.29 is 59.0 Å². The summed E-state index contributed by atoms with van der Waals surface area (Å²) in [7, 11) is 0. The van der Waals surface area contributed by atoms with Gasteiger partial charge in [0.1, 0.15) is 48.3 Å². The SMILES string of the molecule is CSCC[C@@H](NC(=O)[C@@H](N)Cc1ccc(O)cc1)C(=O)NCC(=O)N[C@@H](Cc1ccccc1)C(=O)N1CC(O[C@@H]2O[C@H](CO)[C@H](O)[C@H](O)[C@H]2O)C[C@H]1C(N)=O. The molecule has 2 aromatic rings. The van der Waals surface area contributed by atoms with Crippen LogP contribution in [0.15, 0.2) is 54.6 Å². The van der Waals surface area contributed by atoms with Crippen molar-refractivity contribution in [3.05, 3.63) is 65.7 Å². The van der Waals surface area contributed by atoms with E-state index in [1.165, 1.54) is 23.9 Å². The Kier molecular flexibility index (Phi) is 16.2. The summed E-state index contributed by atoms with van der Waals surface area (Å²) in [4.78, 5) is 67.3. The highest BCUT2D eigenvalue weighted by molar-refractivity contribution is 7.98. The summed E-state index contributed by atoms with van der Waals surface area (Å²) in [6.45, 7) is -1.48. The number of carbonyl (C=O) groups excluding carboxylic acids is 5. The molecule has 2 fully saturated rings. The Morgan fingerprint density at radius 3 is 2.24 bits per heavy atom. The number of likely N-dealkylation sites (tertiary alicyclic amines) is 1. The number of benzene rings is 2. The van der Waals surface area contributed by atoms with Crippen molar-refractivity contribution in [3.8, 4) is 5.75 Å². The minimum Gasteiger partial charge on any atom is -0.508 e. The molecular weight excluding hydrogens is 740 g/mol. The number of aliphatic hydroxyl groups is 4. The van der Waals surface area contributed by atoms with Crippen molar-refractivity contribution in [3.63, 3.8) is 0 Å². The van der Waals surface area contributed by atoms with Gasteiger partial charge in [-0.25, -0.2) is 0 Å². The first-order valence-corrected chi connectivity index (χ1v) is 19.1. The molecule has 302 valence electrons. The summed E-state index contributed by atoms with van der Waals surface area (Å²) in [5, 5.41) is 57.6. The highest BCUT2D eigenvalue weighted by Gasteiger charge is 2.48. The van der Waals surface area contributed by atoms with Crippen LogP contribution in [0, 0.1) is 0 Å². The summed E-state index contributed by atoms with van der Waals surface area (Å²) in [5.41, 5.74) is 13.1. The lowest BCUT2D eigenvalue weighted by atomic mass is 9.99. The first-order chi connectivity index (χ1) is 26.2. The third kappa shape index (κ3) is 12.1. The number of aromatic hydroxyl groups is 1. The van der Waals surface area contributed by atoms with Gasteiger partial charge in [0, 0.05) is 19.4 Å². The van der Waals surface area contributed by atoms with Crippen LogP contribution in [0.1, 0.15) is 24.0 Å². The fraction of sp³-hybridized carbons (Fsp3) is 0.528. The normalized spacial score (nSPS) is 25.3. The monoisotopic (exact) mass is 790 g/mol. The van der Waals surface area contributed by atoms with Crippen molar-refractivity contribution in [1.29, 1.82) is 0 Å². The van der Waals surface area contributed by atoms with E-state index in [2.05, 4.69) is 16.0 Å². The average Bonchev–Trinajstić information content (AvgIpc) is 3.60. The molecule has 19 heteroatoms. The zero-order chi connectivity index (χ0) is 40.2. The van der Waals surface area contributed by atoms with Gasteiger partial charge in [-0.3, -0.25) is 24.0 Å². The van der Waals surface area contributed by atoms with Gasteiger partial charge in [-0.1, -0.05) is 42.5 Å². The van der Waals surface area contributed by atoms with Gasteiger partial charge in [0.25, 0.3) is 0 Å². The van der Waals surface area contributed by atoms with E-state index < -0.39 is 104 Å². The van der Waals surface area contributed by atoms with Crippen LogP contribution in [0.2, 0.25) is 0 Å². The first-order valence-electron chi connectivity index (χ1n) is 17.7. The lowest BCUT2D eigenvalue weighted by Gasteiger charge is -2.40. The number of rotatable bonds is 18. The third-order valence-corrected chi connectivity index (χ3v) is 10.0. The van der Waals surface area contributed by atoms with E-state index >= 15 is 0 Å². The van der Waals surface area contributed by atoms with E-state index in [1.54, 1.807) is 42.5 Å². The number of nitrogens with one attached hydrogen (secondary N) is 3. The predicted molar refractivity (Wildman–Crippen MR) is 198 cm³/mol. The smallest absolute Gasteiger partial charge is 0.246 e. The number of ether oxygens (including phenoxy) is 2. The molecule has 0 radical (unpaired) electrons. The molecule has 0 saturated carbocycles. The fourth-order valence-electron chi connectivity index (χ4n) is 6.33. The summed E-state index contributed by atoms with van der Waals surface area (Å²) in [6.07, 6.45) is -6.68. The van der Waals surface area contributed by atoms with Gasteiger partial charge in [-0.2, -0.15) is 11.8 Å². The van der Waals surface area contributed by atoms with Crippen molar-refractivity contribution in [2.45, 2.75) is 86.7 Å². The molecule has 0 aliphatic carbocycles. The summed E-state index contributed by atoms with van der Waals surface area (Å²) in [5.74, 6) is -2.98. The Bertz CT molecular complexity index is 1610. The zero-order valence-corrected chi connectivity index (χ0v) is 31.0. The number of phenolic OH excluding ortho intramolecular Hbond substituents is 1. The van der Waals surface area contributed by atoms with Crippen molar-refractivity contribution in [2.24, 2.45) is 11.5 Å². The Morgan fingerprint density at radius 2 is 1.60 bits per heavy atom. The number of hydrogen-bond donors (Lipinski definition) is 10. The molecule has 12 N–H and O–H groups in total. The maximum Gasteiger partial charge on any atom is 0.246 e. The van der Waals surface area contributed by atoms with E-state index in [0.717, 1.165) is 4.90 Å². The second kappa shape index (κ2) is 20.5. The van der Waals surface area contributed by atoms with Gasteiger partial charge in [-0.15, -0.1) is 0 Å². The summed E-state index contributed by atoms with van der Waals surface area (Å²) < 4.78 is 11.2. The van der Waals surface area contributed by atoms with Crippen molar-refractivity contribution >= 4 is 41.3 Å². The molecule has 2 aliphatic rings. The lowest BCUT2D eigenvalue weighted by Crippen LogP contribution is -2.59. The van der Waals surface area contributed by atoms with Crippen LogP contribution in [0.5, 0.6) is 5.75 Å². The number of aliphatic hydroxyl groups excluding tert-OH is 4. The minimum atomic E-state index is -1.72. The largest absolute Gasteiger partial charge is 0.508 e. The number of phenols is 1. The molecule has 2 saturated heterocycles. The van der Waals surface area contributed by atoms with E-state index in [-0.39, 0.29) is 38.0 Å². The maximum atomic E-state index is 14.1.